The summed E-state index contributed by atoms with van der Waals surface area (Å²) in [6, 6.07) is 5.05. The third-order valence-electron chi connectivity index (χ3n) is 2.10. The Hall–Kier alpha value is -1.29. The lowest BCUT2D eigenvalue weighted by Crippen LogP contribution is -2.03. The fraction of sp³-hybridized carbons (Fsp3) is 0.273. The van der Waals surface area contributed by atoms with Crippen molar-refractivity contribution in [2.45, 2.75) is 12.3 Å². The predicted molar refractivity (Wildman–Crippen MR) is 50.2 cm³/mol. The van der Waals surface area contributed by atoms with Gasteiger partial charge in [-0.15, -0.1) is 0 Å². The van der Waals surface area contributed by atoms with Gasteiger partial charge in [-0.1, -0.05) is 24.3 Å². The number of alkyl halides is 3. The normalized spacial score (nSPS) is 20.9. The Bertz CT molecular complexity index is 360. The van der Waals surface area contributed by atoms with Gasteiger partial charge in [0.15, 0.2) is 0 Å². The van der Waals surface area contributed by atoms with E-state index in [4.69, 9.17) is 4.74 Å². The molecule has 1 fully saturated rings. The minimum Gasteiger partial charge on any atom is -0.369 e. The minimum atomic E-state index is -4.26. The summed E-state index contributed by atoms with van der Waals surface area (Å²) in [6.07, 6.45) is -0.519. The molecular formula is C11H9F3O. The Labute approximate surface area is 85.2 Å². The number of epoxide rings is 1. The Balaban J connectivity index is 2.09. The number of ether oxygens (including phenoxy) is 1. The second-order valence-electron chi connectivity index (χ2n) is 3.35. The van der Waals surface area contributed by atoms with Gasteiger partial charge in [0, 0.05) is 0 Å². The molecule has 2 rings (SSSR count). The van der Waals surface area contributed by atoms with Crippen molar-refractivity contribution in [2.75, 3.05) is 6.61 Å². The number of rotatable bonds is 2. The molecule has 1 atom stereocenters. The standard InChI is InChI=1S/C11H9F3O/c12-11(13,14)9-4-1-8(2-5-9)3-6-10-7-15-10/h1-6,10H,7H2/b6-3+. The molecule has 1 heterocycles. The summed E-state index contributed by atoms with van der Waals surface area (Å²) < 4.78 is 41.6. The van der Waals surface area contributed by atoms with E-state index in [1.54, 1.807) is 6.08 Å². The molecule has 1 aromatic carbocycles. The van der Waals surface area contributed by atoms with Crippen LogP contribution in [0.15, 0.2) is 30.3 Å². The monoisotopic (exact) mass is 214 g/mol. The van der Waals surface area contributed by atoms with E-state index in [1.807, 2.05) is 6.08 Å². The molecule has 0 N–H and O–H groups in total. The van der Waals surface area contributed by atoms with Crippen molar-refractivity contribution in [3.05, 3.63) is 41.5 Å². The fourth-order valence-corrected chi connectivity index (χ4v) is 1.17. The highest BCUT2D eigenvalue weighted by Gasteiger charge is 2.29. The van der Waals surface area contributed by atoms with E-state index in [0.717, 1.165) is 17.7 Å². The molecule has 4 heteroatoms. The molecule has 1 unspecified atom stereocenters. The first kappa shape index (κ1) is 10.2. The second kappa shape index (κ2) is 3.70. The topological polar surface area (TPSA) is 12.5 Å². The largest absolute Gasteiger partial charge is 0.416 e. The van der Waals surface area contributed by atoms with Gasteiger partial charge in [-0.2, -0.15) is 13.2 Å². The van der Waals surface area contributed by atoms with Crippen LogP contribution in [0.25, 0.3) is 6.08 Å². The molecule has 1 saturated heterocycles. The summed E-state index contributed by atoms with van der Waals surface area (Å²) >= 11 is 0. The minimum absolute atomic E-state index is 0.146. The van der Waals surface area contributed by atoms with E-state index >= 15 is 0 Å². The molecule has 0 saturated carbocycles. The molecule has 1 nitrogen and oxygen atoms in total. The number of halogens is 3. The quantitative estimate of drug-likeness (QED) is 0.689. The molecule has 0 radical (unpaired) electrons. The van der Waals surface area contributed by atoms with Gasteiger partial charge in [0.1, 0.15) is 0 Å². The summed E-state index contributed by atoms with van der Waals surface area (Å²) in [5.74, 6) is 0. The highest BCUT2D eigenvalue weighted by Crippen LogP contribution is 2.29. The summed E-state index contributed by atoms with van der Waals surface area (Å²) in [5.41, 5.74) is 0.126. The van der Waals surface area contributed by atoms with Crippen LogP contribution < -0.4 is 0 Å². The van der Waals surface area contributed by atoms with Crippen LogP contribution in [0.5, 0.6) is 0 Å². The first-order valence-corrected chi connectivity index (χ1v) is 4.53. The van der Waals surface area contributed by atoms with Crippen LogP contribution >= 0.6 is 0 Å². The molecule has 80 valence electrons. The molecular weight excluding hydrogens is 205 g/mol. The molecule has 0 aromatic heterocycles. The molecule has 0 bridgehead atoms. The predicted octanol–water partition coefficient (Wildman–Crippen LogP) is 3.12. The second-order valence-corrected chi connectivity index (χ2v) is 3.35. The van der Waals surface area contributed by atoms with Crippen LogP contribution in [0.3, 0.4) is 0 Å². The van der Waals surface area contributed by atoms with E-state index in [1.165, 1.54) is 12.1 Å². The van der Waals surface area contributed by atoms with Crippen molar-refractivity contribution in [1.82, 2.24) is 0 Å². The third-order valence-corrected chi connectivity index (χ3v) is 2.10. The van der Waals surface area contributed by atoms with Crippen molar-refractivity contribution in [2.24, 2.45) is 0 Å². The molecule has 0 amide bonds. The Morgan fingerprint density at radius 3 is 2.27 bits per heavy atom. The van der Waals surface area contributed by atoms with E-state index in [-0.39, 0.29) is 6.10 Å². The van der Waals surface area contributed by atoms with Gasteiger partial charge in [0.25, 0.3) is 0 Å². The smallest absolute Gasteiger partial charge is 0.369 e. The van der Waals surface area contributed by atoms with Crippen LogP contribution in [-0.4, -0.2) is 12.7 Å². The molecule has 1 aliphatic rings. The van der Waals surface area contributed by atoms with Gasteiger partial charge >= 0.3 is 6.18 Å². The number of benzene rings is 1. The lowest BCUT2D eigenvalue weighted by atomic mass is 10.1. The van der Waals surface area contributed by atoms with Crippen LogP contribution in [0.1, 0.15) is 11.1 Å². The van der Waals surface area contributed by atoms with Crippen molar-refractivity contribution >= 4 is 6.08 Å². The average molecular weight is 214 g/mol. The molecule has 15 heavy (non-hydrogen) atoms. The summed E-state index contributed by atoms with van der Waals surface area (Å²) in [5, 5.41) is 0. The van der Waals surface area contributed by atoms with Gasteiger partial charge in [-0.3, -0.25) is 0 Å². The Morgan fingerprint density at radius 1 is 1.20 bits per heavy atom. The molecule has 1 aliphatic heterocycles. The maximum absolute atomic E-state index is 12.2. The molecule has 1 aromatic rings. The van der Waals surface area contributed by atoms with E-state index in [0.29, 0.717) is 6.61 Å². The SMILES string of the molecule is FC(F)(F)c1ccc(/C=C/C2CO2)cc1. The maximum atomic E-state index is 12.2. The first-order valence-electron chi connectivity index (χ1n) is 4.53. The van der Waals surface area contributed by atoms with Crippen molar-refractivity contribution < 1.29 is 17.9 Å². The lowest BCUT2D eigenvalue weighted by Gasteiger charge is -2.05. The highest BCUT2D eigenvalue weighted by atomic mass is 19.4. The van der Waals surface area contributed by atoms with Gasteiger partial charge in [-0.05, 0) is 17.7 Å². The zero-order valence-electron chi connectivity index (χ0n) is 7.79. The van der Waals surface area contributed by atoms with E-state index in [2.05, 4.69) is 0 Å². The van der Waals surface area contributed by atoms with Crippen LogP contribution in [-0.2, 0) is 10.9 Å². The van der Waals surface area contributed by atoms with Crippen molar-refractivity contribution in [3.8, 4) is 0 Å². The van der Waals surface area contributed by atoms with Crippen LogP contribution in [0.2, 0.25) is 0 Å². The van der Waals surface area contributed by atoms with E-state index in [9.17, 15) is 13.2 Å². The van der Waals surface area contributed by atoms with Crippen LogP contribution in [0.4, 0.5) is 13.2 Å². The summed E-state index contributed by atoms with van der Waals surface area (Å²) in [7, 11) is 0. The first-order chi connectivity index (χ1) is 7.05. The maximum Gasteiger partial charge on any atom is 0.416 e. The van der Waals surface area contributed by atoms with Crippen LogP contribution in [0, 0.1) is 0 Å². The summed E-state index contributed by atoms with van der Waals surface area (Å²) in [6.45, 7) is 0.705. The van der Waals surface area contributed by atoms with Crippen molar-refractivity contribution in [1.29, 1.82) is 0 Å². The van der Waals surface area contributed by atoms with E-state index < -0.39 is 11.7 Å². The Kier molecular flexibility index (Phi) is 2.52. The lowest BCUT2D eigenvalue weighted by molar-refractivity contribution is -0.137. The summed E-state index contributed by atoms with van der Waals surface area (Å²) in [4.78, 5) is 0. The zero-order valence-corrected chi connectivity index (χ0v) is 7.79. The van der Waals surface area contributed by atoms with Gasteiger partial charge in [0.05, 0.1) is 18.3 Å². The van der Waals surface area contributed by atoms with Gasteiger partial charge in [0.2, 0.25) is 0 Å². The van der Waals surface area contributed by atoms with Gasteiger partial charge in [-0.25, -0.2) is 0 Å². The third kappa shape index (κ3) is 2.83. The Morgan fingerprint density at radius 2 is 1.80 bits per heavy atom. The van der Waals surface area contributed by atoms with Crippen molar-refractivity contribution in [3.63, 3.8) is 0 Å². The molecule has 0 spiro atoms. The average Bonchev–Trinajstić information content (AvgIpc) is 2.97. The van der Waals surface area contributed by atoms with Gasteiger partial charge < -0.3 is 4.74 Å². The number of hydrogen-bond acceptors (Lipinski definition) is 1. The fourth-order valence-electron chi connectivity index (χ4n) is 1.17. The zero-order chi connectivity index (χ0) is 10.9. The molecule has 0 aliphatic carbocycles. The highest BCUT2D eigenvalue weighted by molar-refractivity contribution is 5.50. The number of hydrogen-bond donors (Lipinski definition) is 0.